The monoisotopic (exact) mass is 292 g/mol. The molecule has 3 heterocycles. The number of aliphatic hydroxyl groups is 1. The summed E-state index contributed by atoms with van der Waals surface area (Å²) >= 11 is 0. The van der Waals surface area contributed by atoms with Crippen molar-refractivity contribution in [1.82, 2.24) is 19.4 Å². The van der Waals surface area contributed by atoms with Crippen LogP contribution in [0.3, 0.4) is 0 Å². The molecule has 1 aromatic rings. The summed E-state index contributed by atoms with van der Waals surface area (Å²) in [6, 6.07) is 0. The Morgan fingerprint density at radius 3 is 2.76 bits per heavy atom. The van der Waals surface area contributed by atoms with E-state index in [2.05, 4.69) is 9.88 Å². The maximum atomic E-state index is 12.5. The van der Waals surface area contributed by atoms with Gasteiger partial charge in [0.25, 0.3) is 5.91 Å². The lowest BCUT2D eigenvalue weighted by Crippen LogP contribution is -2.55. The van der Waals surface area contributed by atoms with Gasteiger partial charge in [-0.15, -0.1) is 0 Å². The molecule has 116 valence electrons. The maximum Gasteiger partial charge on any atom is 0.272 e. The lowest BCUT2D eigenvalue weighted by atomic mass is 9.92. The molecule has 2 fully saturated rings. The smallest absolute Gasteiger partial charge is 0.272 e. The number of aryl methyl sites for hydroxylation is 1. The number of amides is 1. The molecule has 1 N–H and O–H groups in total. The highest BCUT2D eigenvalue weighted by Crippen LogP contribution is 2.25. The zero-order chi connectivity index (χ0) is 14.9. The molecule has 2 saturated heterocycles. The van der Waals surface area contributed by atoms with Gasteiger partial charge in [-0.05, 0) is 38.8 Å². The number of carbonyl (C=O) groups is 1. The van der Waals surface area contributed by atoms with E-state index in [0.29, 0.717) is 25.3 Å². The van der Waals surface area contributed by atoms with E-state index in [1.807, 2.05) is 7.05 Å². The van der Waals surface area contributed by atoms with Crippen molar-refractivity contribution in [3.05, 3.63) is 18.2 Å². The third-order valence-electron chi connectivity index (χ3n) is 4.59. The lowest BCUT2D eigenvalue weighted by molar-refractivity contribution is -0.0433. The third-order valence-corrected chi connectivity index (χ3v) is 4.59. The molecule has 0 saturated carbocycles. The van der Waals surface area contributed by atoms with Crippen molar-refractivity contribution in [2.24, 2.45) is 7.05 Å². The van der Waals surface area contributed by atoms with Gasteiger partial charge in [0.1, 0.15) is 5.69 Å². The Morgan fingerprint density at radius 1 is 1.33 bits per heavy atom. The van der Waals surface area contributed by atoms with Crippen LogP contribution < -0.4 is 0 Å². The minimum absolute atomic E-state index is 0.0328. The number of hydrogen-bond acceptors (Lipinski definition) is 4. The van der Waals surface area contributed by atoms with Gasteiger partial charge in [0, 0.05) is 20.1 Å². The van der Waals surface area contributed by atoms with Gasteiger partial charge in [-0.25, -0.2) is 4.98 Å². The zero-order valence-electron chi connectivity index (χ0n) is 12.7. The van der Waals surface area contributed by atoms with Crippen LogP contribution in [0.25, 0.3) is 0 Å². The molecular formula is C15H24N4O2. The number of nitrogens with zero attached hydrogens (tertiary/aromatic N) is 4. The Bertz CT molecular complexity index is 510. The molecule has 0 unspecified atom stereocenters. The number of likely N-dealkylation sites (tertiary alicyclic amines) is 2. The number of hydrogen-bond donors (Lipinski definition) is 1. The van der Waals surface area contributed by atoms with Crippen LogP contribution in [0, 0.1) is 0 Å². The molecule has 2 aliphatic rings. The SMILES string of the molecule is Cn1cncc1C(=O)N1CCC[C@@](O)(CN2CCCC2)C1. The van der Waals surface area contributed by atoms with Crippen LogP contribution in [0.5, 0.6) is 0 Å². The van der Waals surface area contributed by atoms with Crippen LogP contribution in [0.15, 0.2) is 12.5 Å². The number of rotatable bonds is 3. The van der Waals surface area contributed by atoms with Crippen molar-refractivity contribution in [3.63, 3.8) is 0 Å². The number of β-amino-alcohol motifs (C(OH)–C–C–N with tert-alkyl or cyclic N) is 1. The largest absolute Gasteiger partial charge is 0.387 e. The molecule has 0 radical (unpaired) electrons. The second-order valence-corrected chi connectivity index (χ2v) is 6.43. The highest BCUT2D eigenvalue weighted by atomic mass is 16.3. The first kappa shape index (κ1) is 14.5. The molecule has 0 aromatic carbocycles. The maximum absolute atomic E-state index is 12.5. The summed E-state index contributed by atoms with van der Waals surface area (Å²) in [7, 11) is 1.82. The van der Waals surface area contributed by atoms with Crippen LogP contribution in [0.4, 0.5) is 0 Å². The number of imidazole rings is 1. The highest BCUT2D eigenvalue weighted by Gasteiger charge is 2.37. The van der Waals surface area contributed by atoms with Gasteiger partial charge in [-0.1, -0.05) is 0 Å². The summed E-state index contributed by atoms with van der Waals surface area (Å²) < 4.78 is 1.73. The summed E-state index contributed by atoms with van der Waals surface area (Å²) in [6.07, 6.45) is 7.29. The van der Waals surface area contributed by atoms with Crippen molar-refractivity contribution in [1.29, 1.82) is 0 Å². The summed E-state index contributed by atoms with van der Waals surface area (Å²) in [5.74, 6) is -0.0328. The quantitative estimate of drug-likeness (QED) is 0.880. The van der Waals surface area contributed by atoms with Crippen LogP contribution in [0.2, 0.25) is 0 Å². The number of aromatic nitrogens is 2. The Balaban J connectivity index is 1.67. The van der Waals surface area contributed by atoms with Crippen LogP contribution in [-0.4, -0.2) is 68.7 Å². The first-order valence-corrected chi connectivity index (χ1v) is 7.78. The van der Waals surface area contributed by atoms with Gasteiger partial charge in [-0.3, -0.25) is 4.79 Å². The van der Waals surface area contributed by atoms with E-state index >= 15 is 0 Å². The molecule has 1 aromatic heterocycles. The van der Waals surface area contributed by atoms with Gasteiger partial charge in [0.05, 0.1) is 24.7 Å². The molecule has 0 bridgehead atoms. The molecule has 1 atom stereocenters. The molecule has 0 spiro atoms. The van der Waals surface area contributed by atoms with Crippen molar-refractivity contribution < 1.29 is 9.90 Å². The normalized spacial score (nSPS) is 27.2. The summed E-state index contributed by atoms with van der Waals surface area (Å²) in [4.78, 5) is 20.6. The van der Waals surface area contributed by atoms with Gasteiger partial charge >= 0.3 is 0 Å². The summed E-state index contributed by atoms with van der Waals surface area (Å²) in [5.41, 5.74) is -0.183. The summed E-state index contributed by atoms with van der Waals surface area (Å²) in [5, 5.41) is 10.9. The zero-order valence-corrected chi connectivity index (χ0v) is 12.7. The minimum atomic E-state index is -0.767. The Hall–Kier alpha value is -1.40. The van der Waals surface area contributed by atoms with E-state index < -0.39 is 5.60 Å². The summed E-state index contributed by atoms with van der Waals surface area (Å²) in [6.45, 7) is 3.96. The van der Waals surface area contributed by atoms with Gasteiger partial charge in [0.15, 0.2) is 0 Å². The van der Waals surface area contributed by atoms with Gasteiger partial charge in [-0.2, -0.15) is 0 Å². The van der Waals surface area contributed by atoms with Crippen molar-refractivity contribution in [2.75, 3.05) is 32.7 Å². The molecule has 0 aliphatic carbocycles. The Kier molecular flexibility index (Phi) is 3.99. The first-order valence-electron chi connectivity index (χ1n) is 7.78. The lowest BCUT2D eigenvalue weighted by Gasteiger charge is -2.41. The second-order valence-electron chi connectivity index (χ2n) is 6.43. The fourth-order valence-electron chi connectivity index (χ4n) is 3.50. The average Bonchev–Trinajstić information content (AvgIpc) is 3.09. The van der Waals surface area contributed by atoms with E-state index in [-0.39, 0.29) is 5.91 Å². The third kappa shape index (κ3) is 3.11. The van der Waals surface area contributed by atoms with E-state index in [0.717, 1.165) is 25.9 Å². The van der Waals surface area contributed by atoms with Crippen molar-refractivity contribution >= 4 is 5.91 Å². The van der Waals surface area contributed by atoms with E-state index in [4.69, 9.17) is 0 Å². The number of piperidine rings is 1. The van der Waals surface area contributed by atoms with Crippen molar-refractivity contribution in [3.8, 4) is 0 Å². The topological polar surface area (TPSA) is 61.6 Å². The molecule has 3 rings (SSSR count). The minimum Gasteiger partial charge on any atom is -0.387 e. The van der Waals surface area contributed by atoms with E-state index in [1.165, 1.54) is 12.8 Å². The molecule has 21 heavy (non-hydrogen) atoms. The highest BCUT2D eigenvalue weighted by molar-refractivity contribution is 5.92. The Labute approximate surface area is 125 Å². The fraction of sp³-hybridized carbons (Fsp3) is 0.733. The standard InChI is InChI=1S/C15H24N4O2/c1-17-12-16-9-13(17)14(20)19-8-4-5-15(21,11-19)10-18-6-2-3-7-18/h9,12,21H,2-8,10-11H2,1H3/t15-/m1/s1. The fourth-order valence-corrected chi connectivity index (χ4v) is 3.50. The second kappa shape index (κ2) is 5.77. The van der Waals surface area contributed by atoms with Crippen LogP contribution >= 0.6 is 0 Å². The predicted octanol–water partition coefficient (Wildman–Crippen LogP) is 0.483. The van der Waals surface area contributed by atoms with Crippen LogP contribution in [0.1, 0.15) is 36.2 Å². The van der Waals surface area contributed by atoms with E-state index in [1.54, 1.807) is 22.0 Å². The van der Waals surface area contributed by atoms with Gasteiger partial charge < -0.3 is 19.5 Å². The van der Waals surface area contributed by atoms with Crippen LogP contribution in [-0.2, 0) is 7.05 Å². The first-order chi connectivity index (χ1) is 10.1. The molecule has 1 amide bonds. The predicted molar refractivity (Wildman–Crippen MR) is 79.0 cm³/mol. The molecule has 6 nitrogen and oxygen atoms in total. The molecular weight excluding hydrogens is 268 g/mol. The van der Waals surface area contributed by atoms with Gasteiger partial charge in [0.2, 0.25) is 0 Å². The van der Waals surface area contributed by atoms with E-state index in [9.17, 15) is 9.90 Å². The Morgan fingerprint density at radius 2 is 2.10 bits per heavy atom. The number of carbonyl (C=O) groups excluding carboxylic acids is 1. The molecule has 6 heteroatoms. The molecule has 2 aliphatic heterocycles. The van der Waals surface area contributed by atoms with Crippen molar-refractivity contribution in [2.45, 2.75) is 31.3 Å². The average molecular weight is 292 g/mol.